The Hall–Kier alpha value is -3.38. The van der Waals surface area contributed by atoms with Crippen molar-refractivity contribution < 1.29 is 23.6 Å². The zero-order chi connectivity index (χ0) is 22.1. The minimum atomic E-state index is -0.286. The summed E-state index contributed by atoms with van der Waals surface area (Å²) in [5.41, 5.74) is 3.00. The largest absolute Gasteiger partial charge is 0.493 e. The van der Waals surface area contributed by atoms with Crippen LogP contribution in [0.5, 0.6) is 11.5 Å². The van der Waals surface area contributed by atoms with Gasteiger partial charge in [0.25, 0.3) is 5.91 Å². The Kier molecular flexibility index (Phi) is 8.01. The Balaban J connectivity index is 1.50. The van der Waals surface area contributed by atoms with Crippen molar-refractivity contribution in [2.24, 2.45) is 0 Å². The van der Waals surface area contributed by atoms with Gasteiger partial charge in [0.15, 0.2) is 18.0 Å². The van der Waals surface area contributed by atoms with Crippen molar-refractivity contribution in [3.8, 4) is 11.5 Å². The van der Waals surface area contributed by atoms with E-state index in [1.165, 1.54) is 12.1 Å². The molecule has 1 unspecified atom stereocenters. The molecule has 2 N–H and O–H groups in total. The monoisotopic (exact) mass is 423 g/mol. The number of carbonyl (C=O) groups excluding carboxylic acids is 1. The highest BCUT2D eigenvalue weighted by molar-refractivity contribution is 5.76. The molecule has 31 heavy (non-hydrogen) atoms. The molecule has 0 aliphatic rings. The van der Waals surface area contributed by atoms with E-state index in [-0.39, 0.29) is 11.7 Å². The molecule has 1 amide bonds. The maximum Gasteiger partial charge on any atom is 0.275 e. The van der Waals surface area contributed by atoms with Crippen molar-refractivity contribution in [2.45, 2.75) is 19.7 Å². The van der Waals surface area contributed by atoms with Crippen LogP contribution in [0.4, 0.5) is 4.39 Å². The van der Waals surface area contributed by atoms with Gasteiger partial charge in [-0.3, -0.25) is 4.79 Å². The first kappa shape index (κ1) is 22.3. The fourth-order valence-electron chi connectivity index (χ4n) is 3.23. The average molecular weight is 424 g/mol. The summed E-state index contributed by atoms with van der Waals surface area (Å²) in [6, 6.07) is 21.9. The zero-order valence-corrected chi connectivity index (χ0v) is 17.9. The number of halogens is 1. The third-order valence-electron chi connectivity index (χ3n) is 4.84. The second kappa shape index (κ2) is 11.1. The number of ether oxygens (including phenoxy) is 2. The number of benzene rings is 3. The molecule has 0 aromatic heterocycles. The molecular weight excluding hydrogens is 395 g/mol. The Morgan fingerprint density at radius 2 is 1.65 bits per heavy atom. The second-order valence-electron chi connectivity index (χ2n) is 7.47. The topological polar surface area (TPSA) is 52.0 Å². The van der Waals surface area contributed by atoms with Gasteiger partial charge >= 0.3 is 0 Å². The van der Waals surface area contributed by atoms with Crippen LogP contribution in [0.1, 0.15) is 16.7 Å². The van der Waals surface area contributed by atoms with Gasteiger partial charge in [0.05, 0.1) is 14.2 Å². The summed E-state index contributed by atoms with van der Waals surface area (Å²) >= 11 is 0. The normalized spacial score (nSPS) is 11.6. The highest BCUT2D eigenvalue weighted by Gasteiger charge is 2.13. The van der Waals surface area contributed by atoms with Crippen molar-refractivity contribution in [3.05, 3.63) is 95.3 Å². The van der Waals surface area contributed by atoms with Crippen LogP contribution in [0.3, 0.4) is 0 Å². The zero-order valence-electron chi connectivity index (χ0n) is 17.9. The minimum absolute atomic E-state index is 0.0587. The summed E-state index contributed by atoms with van der Waals surface area (Å²) in [4.78, 5) is 13.3. The molecule has 3 aromatic rings. The Morgan fingerprint density at radius 3 is 2.35 bits per heavy atom. The summed E-state index contributed by atoms with van der Waals surface area (Å²) in [5.74, 6) is 1.01. The third kappa shape index (κ3) is 7.12. The van der Waals surface area contributed by atoms with Gasteiger partial charge in [-0.05, 0) is 41.5 Å². The fourth-order valence-corrected chi connectivity index (χ4v) is 3.23. The lowest BCUT2D eigenvalue weighted by atomic mass is 10.2. The third-order valence-corrected chi connectivity index (χ3v) is 4.84. The molecule has 0 spiro atoms. The molecule has 0 aliphatic heterocycles. The first-order valence-corrected chi connectivity index (χ1v) is 10.2. The molecular formula is C25H28FN2O3+. The SMILES string of the molecule is COc1cc(C[NH+](C)CC(=O)NCc2ccc(F)cc2)ccc1OCc1ccccc1. The van der Waals surface area contributed by atoms with E-state index >= 15 is 0 Å². The van der Waals surface area contributed by atoms with E-state index in [2.05, 4.69) is 5.32 Å². The van der Waals surface area contributed by atoms with Crippen molar-refractivity contribution >= 4 is 5.91 Å². The van der Waals surface area contributed by atoms with Gasteiger partial charge in [-0.2, -0.15) is 0 Å². The van der Waals surface area contributed by atoms with Crippen LogP contribution in [0.25, 0.3) is 0 Å². The summed E-state index contributed by atoms with van der Waals surface area (Å²) in [6.45, 7) is 1.85. The molecule has 5 nitrogen and oxygen atoms in total. The van der Waals surface area contributed by atoms with Crippen molar-refractivity contribution in [2.75, 3.05) is 20.7 Å². The number of methoxy groups -OCH3 is 1. The molecule has 0 bridgehead atoms. The van der Waals surface area contributed by atoms with E-state index in [4.69, 9.17) is 9.47 Å². The molecule has 6 heteroatoms. The van der Waals surface area contributed by atoms with Gasteiger partial charge in [-0.15, -0.1) is 0 Å². The first-order chi connectivity index (χ1) is 15.0. The highest BCUT2D eigenvalue weighted by Crippen LogP contribution is 2.28. The van der Waals surface area contributed by atoms with Crippen molar-refractivity contribution in [1.82, 2.24) is 5.32 Å². The number of hydrogen-bond donors (Lipinski definition) is 2. The smallest absolute Gasteiger partial charge is 0.275 e. The van der Waals surface area contributed by atoms with E-state index in [0.29, 0.717) is 37.7 Å². The summed E-state index contributed by atoms with van der Waals surface area (Å²) in [5, 5.41) is 2.87. The van der Waals surface area contributed by atoms with Crippen molar-refractivity contribution in [3.63, 3.8) is 0 Å². The predicted molar refractivity (Wildman–Crippen MR) is 117 cm³/mol. The number of quaternary nitrogens is 1. The van der Waals surface area contributed by atoms with Gasteiger partial charge in [0.1, 0.15) is 19.0 Å². The Morgan fingerprint density at radius 1 is 0.935 bits per heavy atom. The summed E-state index contributed by atoms with van der Waals surface area (Å²) < 4.78 is 24.4. The average Bonchev–Trinajstić information content (AvgIpc) is 2.78. The molecule has 0 saturated carbocycles. The van der Waals surface area contributed by atoms with Gasteiger partial charge in [-0.25, -0.2) is 4.39 Å². The molecule has 0 heterocycles. The number of likely N-dealkylation sites (N-methyl/N-ethyl adjacent to an activating group) is 1. The maximum atomic E-state index is 13.0. The van der Waals surface area contributed by atoms with E-state index in [0.717, 1.165) is 21.6 Å². The number of amides is 1. The molecule has 0 saturated heterocycles. The van der Waals surface area contributed by atoms with E-state index < -0.39 is 0 Å². The van der Waals surface area contributed by atoms with Crippen LogP contribution in [-0.2, 0) is 24.5 Å². The Bertz CT molecular complexity index is 978. The molecule has 3 aromatic carbocycles. The van der Waals surface area contributed by atoms with E-state index in [1.807, 2.05) is 55.6 Å². The van der Waals surface area contributed by atoms with Crippen LogP contribution in [0, 0.1) is 5.82 Å². The van der Waals surface area contributed by atoms with Gasteiger partial charge < -0.3 is 19.7 Å². The number of carbonyl (C=O) groups is 1. The van der Waals surface area contributed by atoms with E-state index in [9.17, 15) is 9.18 Å². The molecule has 0 fully saturated rings. The quantitative estimate of drug-likeness (QED) is 0.527. The standard InChI is InChI=1S/C25H27FN2O3/c1-28(17-25(29)27-15-19-8-11-22(26)12-9-19)16-21-10-13-23(24(14-21)30-2)31-18-20-6-4-3-5-7-20/h3-14H,15-18H2,1-2H3,(H,27,29)/p+1. The minimum Gasteiger partial charge on any atom is -0.493 e. The molecule has 0 radical (unpaired) electrons. The number of rotatable bonds is 10. The predicted octanol–water partition coefficient (Wildman–Crippen LogP) is 2.74. The second-order valence-corrected chi connectivity index (χ2v) is 7.47. The van der Waals surface area contributed by atoms with Gasteiger partial charge in [-0.1, -0.05) is 42.5 Å². The van der Waals surface area contributed by atoms with Gasteiger partial charge in [0.2, 0.25) is 0 Å². The lowest BCUT2D eigenvalue weighted by Crippen LogP contribution is -3.08. The van der Waals surface area contributed by atoms with Crippen molar-refractivity contribution in [1.29, 1.82) is 0 Å². The summed E-state index contributed by atoms with van der Waals surface area (Å²) in [7, 11) is 3.58. The fraction of sp³-hybridized carbons (Fsp3) is 0.240. The van der Waals surface area contributed by atoms with Crippen LogP contribution in [-0.4, -0.2) is 26.6 Å². The Labute approximate surface area is 182 Å². The molecule has 0 aliphatic carbocycles. The van der Waals surface area contributed by atoms with E-state index in [1.54, 1.807) is 19.2 Å². The number of nitrogens with one attached hydrogen (secondary N) is 2. The lowest BCUT2D eigenvalue weighted by Gasteiger charge is -2.16. The maximum absolute atomic E-state index is 13.0. The molecule has 162 valence electrons. The van der Waals surface area contributed by atoms with Crippen LogP contribution in [0.15, 0.2) is 72.8 Å². The van der Waals surface area contributed by atoms with Crippen LogP contribution in [0.2, 0.25) is 0 Å². The lowest BCUT2D eigenvalue weighted by molar-refractivity contribution is -0.885. The summed E-state index contributed by atoms with van der Waals surface area (Å²) in [6.07, 6.45) is 0. The van der Waals surface area contributed by atoms with Crippen LogP contribution >= 0.6 is 0 Å². The van der Waals surface area contributed by atoms with Crippen LogP contribution < -0.4 is 19.7 Å². The molecule has 3 rings (SSSR count). The first-order valence-electron chi connectivity index (χ1n) is 10.2. The molecule has 1 atom stereocenters. The van der Waals surface area contributed by atoms with Gasteiger partial charge in [0, 0.05) is 12.1 Å². The highest BCUT2D eigenvalue weighted by atomic mass is 19.1. The number of hydrogen-bond acceptors (Lipinski definition) is 3.